The molecule has 0 radical (unpaired) electrons. The first-order valence-electron chi connectivity index (χ1n) is 7.79. The molecule has 0 saturated carbocycles. The average Bonchev–Trinajstić information content (AvgIpc) is 3.00. The van der Waals surface area contributed by atoms with Gasteiger partial charge < -0.3 is 19.7 Å². The van der Waals surface area contributed by atoms with Crippen molar-refractivity contribution in [2.45, 2.75) is 19.9 Å². The van der Waals surface area contributed by atoms with Crippen LogP contribution in [0.2, 0.25) is 0 Å². The van der Waals surface area contributed by atoms with Gasteiger partial charge in [-0.2, -0.15) is 0 Å². The maximum Gasteiger partial charge on any atom is 0.213 e. The molecule has 1 unspecified atom stereocenters. The second-order valence-corrected chi connectivity index (χ2v) is 5.40. The predicted octanol–water partition coefficient (Wildman–Crippen LogP) is 1.52. The van der Waals surface area contributed by atoms with Crippen LogP contribution in [0.25, 0.3) is 0 Å². The molecule has 2 heterocycles. The third kappa shape index (κ3) is 4.59. The first-order chi connectivity index (χ1) is 10.8. The minimum Gasteiger partial charge on any atom is -0.481 e. The van der Waals surface area contributed by atoms with Crippen LogP contribution in [0.5, 0.6) is 5.88 Å². The van der Waals surface area contributed by atoms with Gasteiger partial charge in [0.1, 0.15) is 0 Å². The SMILES string of the molecule is CCNC(=NCc1cccc(OC)n1)N1CCC(COC)C1. The van der Waals surface area contributed by atoms with Crippen molar-refractivity contribution in [1.82, 2.24) is 15.2 Å². The number of hydrogen-bond acceptors (Lipinski definition) is 4. The fourth-order valence-electron chi connectivity index (χ4n) is 2.64. The minimum absolute atomic E-state index is 0.547. The largest absolute Gasteiger partial charge is 0.481 e. The number of guanidine groups is 1. The molecule has 6 nitrogen and oxygen atoms in total. The summed E-state index contributed by atoms with van der Waals surface area (Å²) < 4.78 is 10.4. The smallest absolute Gasteiger partial charge is 0.213 e. The number of methoxy groups -OCH3 is 2. The number of aliphatic imine (C=N–C) groups is 1. The highest BCUT2D eigenvalue weighted by atomic mass is 16.5. The molecule has 0 spiro atoms. The average molecular weight is 306 g/mol. The molecule has 0 bridgehead atoms. The molecule has 1 fully saturated rings. The summed E-state index contributed by atoms with van der Waals surface area (Å²) in [5.74, 6) is 2.16. The van der Waals surface area contributed by atoms with E-state index in [0.29, 0.717) is 18.3 Å². The van der Waals surface area contributed by atoms with Gasteiger partial charge in [-0.1, -0.05) is 6.07 Å². The van der Waals surface area contributed by atoms with Gasteiger partial charge in [0.15, 0.2) is 5.96 Å². The van der Waals surface area contributed by atoms with Gasteiger partial charge in [0.05, 0.1) is 26.0 Å². The minimum atomic E-state index is 0.547. The Morgan fingerprint density at radius 3 is 3.05 bits per heavy atom. The van der Waals surface area contributed by atoms with Crippen molar-refractivity contribution < 1.29 is 9.47 Å². The summed E-state index contributed by atoms with van der Waals surface area (Å²) in [5, 5.41) is 3.36. The summed E-state index contributed by atoms with van der Waals surface area (Å²) in [6.07, 6.45) is 1.15. The first-order valence-corrected chi connectivity index (χ1v) is 7.79. The molecule has 1 saturated heterocycles. The Bertz CT molecular complexity index is 493. The highest BCUT2D eigenvalue weighted by Gasteiger charge is 2.24. The normalized spacial score (nSPS) is 18.6. The molecule has 1 atom stereocenters. The Morgan fingerprint density at radius 1 is 1.45 bits per heavy atom. The monoisotopic (exact) mass is 306 g/mol. The van der Waals surface area contributed by atoms with E-state index < -0.39 is 0 Å². The highest BCUT2D eigenvalue weighted by Crippen LogP contribution is 2.16. The van der Waals surface area contributed by atoms with Crippen LogP contribution in [0.4, 0.5) is 0 Å². The lowest BCUT2D eigenvalue weighted by atomic mass is 10.1. The molecule has 0 amide bonds. The summed E-state index contributed by atoms with van der Waals surface area (Å²) >= 11 is 0. The van der Waals surface area contributed by atoms with Gasteiger partial charge >= 0.3 is 0 Å². The lowest BCUT2D eigenvalue weighted by Crippen LogP contribution is -2.40. The molecule has 0 aliphatic carbocycles. The fourth-order valence-corrected chi connectivity index (χ4v) is 2.64. The number of nitrogens with zero attached hydrogens (tertiary/aromatic N) is 3. The van der Waals surface area contributed by atoms with Crippen LogP contribution in [-0.4, -0.2) is 56.3 Å². The maximum absolute atomic E-state index is 5.26. The third-order valence-electron chi connectivity index (χ3n) is 3.70. The van der Waals surface area contributed by atoms with Crippen LogP contribution in [0.1, 0.15) is 19.0 Å². The van der Waals surface area contributed by atoms with E-state index in [2.05, 4.69) is 22.1 Å². The van der Waals surface area contributed by atoms with Crippen molar-refractivity contribution in [3.05, 3.63) is 23.9 Å². The van der Waals surface area contributed by atoms with Gasteiger partial charge in [0, 0.05) is 38.7 Å². The van der Waals surface area contributed by atoms with Gasteiger partial charge in [-0.25, -0.2) is 9.98 Å². The molecular formula is C16H26N4O2. The molecular weight excluding hydrogens is 280 g/mol. The summed E-state index contributed by atoms with van der Waals surface area (Å²) in [6, 6.07) is 5.75. The zero-order valence-corrected chi connectivity index (χ0v) is 13.7. The summed E-state index contributed by atoms with van der Waals surface area (Å²) in [6.45, 7) is 6.31. The lowest BCUT2D eigenvalue weighted by molar-refractivity contribution is 0.157. The Morgan fingerprint density at radius 2 is 2.32 bits per heavy atom. The maximum atomic E-state index is 5.26. The second-order valence-electron chi connectivity index (χ2n) is 5.40. The zero-order chi connectivity index (χ0) is 15.8. The van der Waals surface area contributed by atoms with E-state index in [0.717, 1.165) is 44.3 Å². The highest BCUT2D eigenvalue weighted by molar-refractivity contribution is 5.80. The zero-order valence-electron chi connectivity index (χ0n) is 13.7. The Hall–Kier alpha value is -1.82. The lowest BCUT2D eigenvalue weighted by Gasteiger charge is -2.21. The van der Waals surface area contributed by atoms with Gasteiger partial charge in [-0.15, -0.1) is 0 Å². The number of rotatable bonds is 6. The summed E-state index contributed by atoms with van der Waals surface area (Å²) in [4.78, 5) is 11.4. The van der Waals surface area contributed by atoms with Crippen molar-refractivity contribution in [1.29, 1.82) is 0 Å². The Balaban J connectivity index is 2.00. The summed E-state index contributed by atoms with van der Waals surface area (Å²) in [5.41, 5.74) is 0.905. The number of nitrogens with one attached hydrogen (secondary N) is 1. The van der Waals surface area contributed by atoms with E-state index in [1.807, 2.05) is 18.2 Å². The van der Waals surface area contributed by atoms with E-state index >= 15 is 0 Å². The molecule has 1 aromatic rings. The van der Waals surface area contributed by atoms with E-state index in [4.69, 9.17) is 14.5 Å². The third-order valence-corrected chi connectivity index (χ3v) is 3.70. The molecule has 122 valence electrons. The van der Waals surface area contributed by atoms with Crippen LogP contribution in [-0.2, 0) is 11.3 Å². The topological polar surface area (TPSA) is 59.0 Å². The van der Waals surface area contributed by atoms with Crippen LogP contribution >= 0.6 is 0 Å². The second kappa shape index (κ2) is 8.58. The Kier molecular flexibility index (Phi) is 6.45. The van der Waals surface area contributed by atoms with Crippen molar-refractivity contribution in [2.75, 3.05) is 40.5 Å². The predicted molar refractivity (Wildman–Crippen MR) is 87.2 cm³/mol. The molecule has 1 N–H and O–H groups in total. The number of hydrogen-bond donors (Lipinski definition) is 1. The van der Waals surface area contributed by atoms with E-state index in [9.17, 15) is 0 Å². The van der Waals surface area contributed by atoms with Gasteiger partial charge in [0.2, 0.25) is 5.88 Å². The first kappa shape index (κ1) is 16.5. The van der Waals surface area contributed by atoms with E-state index in [1.165, 1.54) is 0 Å². The van der Waals surface area contributed by atoms with Crippen LogP contribution in [0.15, 0.2) is 23.2 Å². The molecule has 2 rings (SSSR count). The number of likely N-dealkylation sites (tertiary alicyclic amines) is 1. The molecule has 1 aliphatic rings. The van der Waals surface area contributed by atoms with Gasteiger partial charge in [-0.05, 0) is 19.4 Å². The van der Waals surface area contributed by atoms with Crippen molar-refractivity contribution >= 4 is 5.96 Å². The van der Waals surface area contributed by atoms with Crippen LogP contribution in [0, 0.1) is 5.92 Å². The Labute approximate surface area is 132 Å². The van der Waals surface area contributed by atoms with E-state index in [1.54, 1.807) is 14.2 Å². The molecule has 1 aliphatic heterocycles. The number of pyridine rings is 1. The molecule has 6 heteroatoms. The molecule has 22 heavy (non-hydrogen) atoms. The standard InChI is InChI=1S/C16H26N4O2/c1-4-17-16(20-9-8-13(11-20)12-21-2)18-10-14-6-5-7-15(19-14)22-3/h5-7,13H,4,8-12H2,1-3H3,(H,17,18). The van der Waals surface area contributed by atoms with E-state index in [-0.39, 0.29) is 0 Å². The molecule has 1 aromatic heterocycles. The quantitative estimate of drug-likeness (QED) is 0.638. The van der Waals surface area contributed by atoms with Gasteiger partial charge in [-0.3, -0.25) is 0 Å². The van der Waals surface area contributed by atoms with Crippen LogP contribution < -0.4 is 10.1 Å². The van der Waals surface area contributed by atoms with Crippen molar-refractivity contribution in [2.24, 2.45) is 10.9 Å². The summed E-state index contributed by atoms with van der Waals surface area (Å²) in [7, 11) is 3.38. The number of ether oxygens (including phenoxy) is 2. The fraction of sp³-hybridized carbons (Fsp3) is 0.625. The van der Waals surface area contributed by atoms with Crippen molar-refractivity contribution in [3.8, 4) is 5.88 Å². The molecule has 0 aromatic carbocycles. The number of aromatic nitrogens is 1. The van der Waals surface area contributed by atoms with Crippen molar-refractivity contribution in [3.63, 3.8) is 0 Å². The van der Waals surface area contributed by atoms with Crippen LogP contribution in [0.3, 0.4) is 0 Å². The van der Waals surface area contributed by atoms with Gasteiger partial charge in [0.25, 0.3) is 0 Å².